The third-order valence-electron chi connectivity index (χ3n) is 2.38. The molecule has 1 aromatic heterocycles. The summed E-state index contributed by atoms with van der Waals surface area (Å²) in [7, 11) is 1.74. The summed E-state index contributed by atoms with van der Waals surface area (Å²) in [6.45, 7) is 5.48. The zero-order valence-corrected chi connectivity index (χ0v) is 11.5. The summed E-state index contributed by atoms with van der Waals surface area (Å²) in [6, 6.07) is 3.50. The van der Waals surface area contributed by atoms with Crippen molar-refractivity contribution in [2.45, 2.75) is 19.4 Å². The van der Waals surface area contributed by atoms with Crippen LogP contribution in [-0.4, -0.2) is 24.0 Å². The van der Waals surface area contributed by atoms with Gasteiger partial charge in [-0.3, -0.25) is 4.79 Å². The Morgan fingerprint density at radius 2 is 2.35 bits per heavy atom. The molecule has 92 valence electrons. The Kier molecular flexibility index (Phi) is 5.31. The highest BCUT2D eigenvalue weighted by Gasteiger charge is 2.13. The van der Waals surface area contributed by atoms with Gasteiger partial charge in [-0.15, -0.1) is 6.58 Å². The first-order valence-electron chi connectivity index (χ1n) is 5.33. The number of hydrogen-bond acceptors (Lipinski definition) is 3. The highest BCUT2D eigenvalue weighted by atomic mass is 79.9. The molecule has 1 atom stereocenters. The van der Waals surface area contributed by atoms with Crippen LogP contribution >= 0.6 is 15.9 Å². The van der Waals surface area contributed by atoms with Crippen LogP contribution < -0.4 is 10.6 Å². The van der Waals surface area contributed by atoms with Crippen LogP contribution in [0.4, 0.5) is 5.82 Å². The van der Waals surface area contributed by atoms with Crippen LogP contribution in [0.15, 0.2) is 29.4 Å². The van der Waals surface area contributed by atoms with Crippen molar-refractivity contribution in [2.75, 3.05) is 12.4 Å². The molecule has 0 fully saturated rings. The largest absolute Gasteiger partial charge is 0.309 e. The van der Waals surface area contributed by atoms with E-state index in [9.17, 15) is 4.79 Å². The number of aromatic nitrogens is 1. The van der Waals surface area contributed by atoms with Crippen LogP contribution in [0.5, 0.6) is 0 Å². The highest BCUT2D eigenvalue weighted by Crippen LogP contribution is 2.18. The average molecular weight is 298 g/mol. The molecule has 1 aromatic rings. The van der Waals surface area contributed by atoms with E-state index >= 15 is 0 Å². The minimum Gasteiger partial charge on any atom is -0.309 e. The molecule has 0 saturated heterocycles. The van der Waals surface area contributed by atoms with Crippen LogP contribution in [0, 0.1) is 0 Å². The van der Waals surface area contributed by atoms with Gasteiger partial charge < -0.3 is 10.6 Å². The Labute approximate surface area is 110 Å². The Balaban J connectivity index is 2.91. The van der Waals surface area contributed by atoms with Crippen molar-refractivity contribution in [3.05, 3.63) is 35.0 Å². The molecule has 0 aromatic carbocycles. The Morgan fingerprint density at radius 3 is 2.94 bits per heavy atom. The van der Waals surface area contributed by atoms with Gasteiger partial charge >= 0.3 is 0 Å². The molecule has 2 N–H and O–H groups in total. The Bertz CT molecular complexity index is 420. The number of allylic oxidation sites excluding steroid dienone is 1. The molecule has 0 aliphatic rings. The van der Waals surface area contributed by atoms with E-state index < -0.39 is 0 Å². The van der Waals surface area contributed by atoms with Crippen LogP contribution in [0.2, 0.25) is 0 Å². The second kappa shape index (κ2) is 6.51. The third-order valence-corrected chi connectivity index (χ3v) is 2.82. The molecule has 0 unspecified atom stereocenters. The summed E-state index contributed by atoms with van der Waals surface area (Å²) in [4.78, 5) is 16.0. The predicted molar refractivity (Wildman–Crippen MR) is 73.0 cm³/mol. The lowest BCUT2D eigenvalue weighted by atomic mass is 10.2. The SMILES string of the molecule is C=CCc1ccc(Br)nc1NC(=O)[C@H](C)NC. The normalized spacial score (nSPS) is 11.9. The van der Waals surface area contributed by atoms with E-state index in [1.54, 1.807) is 20.0 Å². The number of rotatable bonds is 5. The van der Waals surface area contributed by atoms with Gasteiger partial charge in [-0.2, -0.15) is 0 Å². The number of nitrogens with one attached hydrogen (secondary N) is 2. The van der Waals surface area contributed by atoms with E-state index in [1.165, 1.54) is 0 Å². The number of nitrogens with zero attached hydrogens (tertiary/aromatic N) is 1. The van der Waals surface area contributed by atoms with Gasteiger partial charge in [0.05, 0.1) is 6.04 Å². The lowest BCUT2D eigenvalue weighted by molar-refractivity contribution is -0.117. The molecule has 1 heterocycles. The quantitative estimate of drug-likeness (QED) is 0.647. The fourth-order valence-electron chi connectivity index (χ4n) is 1.25. The lowest BCUT2D eigenvalue weighted by Crippen LogP contribution is -2.36. The lowest BCUT2D eigenvalue weighted by Gasteiger charge is -2.13. The second-order valence-corrected chi connectivity index (χ2v) is 4.45. The van der Waals surface area contributed by atoms with Crippen molar-refractivity contribution in [1.82, 2.24) is 10.3 Å². The van der Waals surface area contributed by atoms with E-state index in [0.29, 0.717) is 16.8 Å². The zero-order valence-electron chi connectivity index (χ0n) is 9.96. The topological polar surface area (TPSA) is 54.0 Å². The summed E-state index contributed by atoms with van der Waals surface area (Å²) >= 11 is 3.29. The molecule has 0 bridgehead atoms. The average Bonchev–Trinajstić information content (AvgIpc) is 2.31. The molecule has 4 nitrogen and oxygen atoms in total. The first kappa shape index (κ1) is 13.9. The van der Waals surface area contributed by atoms with E-state index in [4.69, 9.17) is 0 Å². The zero-order chi connectivity index (χ0) is 12.8. The molecule has 0 aliphatic carbocycles. The Morgan fingerprint density at radius 1 is 1.65 bits per heavy atom. The van der Waals surface area contributed by atoms with Crippen molar-refractivity contribution in [1.29, 1.82) is 0 Å². The number of halogens is 1. The Hall–Kier alpha value is -1.20. The summed E-state index contributed by atoms with van der Waals surface area (Å²) in [5.74, 6) is 0.467. The van der Waals surface area contributed by atoms with Gasteiger partial charge in [-0.25, -0.2) is 4.98 Å². The number of carbonyl (C=O) groups excluding carboxylic acids is 1. The molecular weight excluding hydrogens is 282 g/mol. The number of carbonyl (C=O) groups is 1. The maximum atomic E-state index is 11.8. The first-order valence-corrected chi connectivity index (χ1v) is 6.12. The molecule has 1 rings (SSSR count). The highest BCUT2D eigenvalue weighted by molar-refractivity contribution is 9.10. The number of anilines is 1. The van der Waals surface area contributed by atoms with Gasteiger partial charge in [0.1, 0.15) is 10.4 Å². The summed E-state index contributed by atoms with van der Waals surface area (Å²) < 4.78 is 0.692. The third kappa shape index (κ3) is 3.94. The van der Waals surface area contributed by atoms with Gasteiger partial charge in [0, 0.05) is 0 Å². The first-order chi connectivity index (χ1) is 8.08. The van der Waals surface area contributed by atoms with E-state index in [2.05, 4.69) is 38.1 Å². The maximum absolute atomic E-state index is 11.8. The second-order valence-electron chi connectivity index (χ2n) is 3.63. The predicted octanol–water partition coefficient (Wildman–Crippen LogP) is 2.12. The fraction of sp³-hybridized carbons (Fsp3) is 0.333. The molecule has 0 spiro atoms. The van der Waals surface area contributed by atoms with Gasteiger partial charge in [-0.05, 0) is 48.0 Å². The molecule has 0 aliphatic heterocycles. The van der Waals surface area contributed by atoms with Crippen molar-refractivity contribution < 1.29 is 4.79 Å². The van der Waals surface area contributed by atoms with E-state index in [-0.39, 0.29) is 11.9 Å². The van der Waals surface area contributed by atoms with Crippen molar-refractivity contribution in [3.63, 3.8) is 0 Å². The van der Waals surface area contributed by atoms with Crippen LogP contribution in [0.3, 0.4) is 0 Å². The van der Waals surface area contributed by atoms with Crippen molar-refractivity contribution in [2.24, 2.45) is 0 Å². The summed E-state index contributed by atoms with van der Waals surface area (Å²) in [5, 5.41) is 5.68. The standard InChI is InChI=1S/C12H16BrN3O/c1-4-5-9-6-7-10(13)15-11(9)16-12(17)8(2)14-3/h4,6-8,14H,1,5H2,2-3H3,(H,15,16,17)/t8-/m0/s1. The summed E-state index contributed by atoms with van der Waals surface area (Å²) in [6.07, 6.45) is 2.45. The van der Waals surface area contributed by atoms with Gasteiger partial charge in [-0.1, -0.05) is 12.1 Å². The monoisotopic (exact) mass is 297 g/mol. The van der Waals surface area contributed by atoms with Gasteiger partial charge in [0.25, 0.3) is 0 Å². The number of amides is 1. The fourth-order valence-corrected chi connectivity index (χ4v) is 1.56. The van der Waals surface area contributed by atoms with Crippen LogP contribution in [-0.2, 0) is 11.2 Å². The summed E-state index contributed by atoms with van der Waals surface area (Å²) in [5.41, 5.74) is 0.944. The van der Waals surface area contributed by atoms with E-state index in [0.717, 1.165) is 5.56 Å². The number of pyridine rings is 1. The molecular formula is C12H16BrN3O. The van der Waals surface area contributed by atoms with Crippen molar-refractivity contribution >= 4 is 27.7 Å². The van der Waals surface area contributed by atoms with Crippen LogP contribution in [0.1, 0.15) is 12.5 Å². The smallest absolute Gasteiger partial charge is 0.242 e. The maximum Gasteiger partial charge on any atom is 0.242 e. The van der Waals surface area contributed by atoms with Gasteiger partial charge in [0.2, 0.25) is 5.91 Å². The number of hydrogen-bond donors (Lipinski definition) is 2. The minimum atomic E-state index is -0.257. The molecule has 1 amide bonds. The van der Waals surface area contributed by atoms with Gasteiger partial charge in [0.15, 0.2) is 0 Å². The van der Waals surface area contributed by atoms with Crippen molar-refractivity contribution in [3.8, 4) is 0 Å². The molecule has 5 heteroatoms. The molecule has 0 saturated carbocycles. The van der Waals surface area contributed by atoms with Crippen LogP contribution in [0.25, 0.3) is 0 Å². The number of likely N-dealkylation sites (N-methyl/N-ethyl adjacent to an activating group) is 1. The minimum absolute atomic E-state index is 0.108. The molecule has 0 radical (unpaired) electrons. The molecule has 17 heavy (non-hydrogen) atoms. The van der Waals surface area contributed by atoms with E-state index in [1.807, 2.05) is 12.1 Å².